The van der Waals surface area contributed by atoms with Gasteiger partial charge in [-0.3, -0.25) is 4.79 Å². The number of rotatable bonds is 5. The maximum Gasteiger partial charge on any atom is 0.254 e. The molecule has 5 rings (SSSR count). The fraction of sp³-hybridized carbons (Fsp3) is 0.480. The number of sulfonamides is 1. The Hall–Kier alpha value is -2.18. The van der Waals surface area contributed by atoms with Gasteiger partial charge in [0, 0.05) is 24.7 Å². The van der Waals surface area contributed by atoms with Crippen LogP contribution in [0.2, 0.25) is 0 Å². The first-order valence-electron chi connectivity index (χ1n) is 11.5. The first-order chi connectivity index (χ1) is 14.9. The molecule has 2 aromatic rings. The van der Waals surface area contributed by atoms with Crippen LogP contribution in [-0.4, -0.2) is 42.7 Å². The Bertz CT molecular complexity index is 1070. The number of nitrogens with zero attached hydrogens (tertiary/aromatic N) is 2. The van der Waals surface area contributed by atoms with Gasteiger partial charge in [-0.25, -0.2) is 8.42 Å². The quantitative estimate of drug-likeness (QED) is 0.695. The molecule has 0 aromatic heterocycles. The molecule has 0 spiro atoms. The largest absolute Gasteiger partial charge is 0.329 e. The average Bonchev–Trinajstić information content (AvgIpc) is 3.53. The van der Waals surface area contributed by atoms with E-state index in [0.717, 1.165) is 38.5 Å². The van der Waals surface area contributed by atoms with Crippen molar-refractivity contribution in [1.29, 1.82) is 0 Å². The molecule has 5 nitrogen and oxygen atoms in total. The average molecular weight is 439 g/mol. The zero-order chi connectivity index (χ0) is 21.6. The van der Waals surface area contributed by atoms with Crippen LogP contribution in [0.5, 0.6) is 0 Å². The summed E-state index contributed by atoms with van der Waals surface area (Å²) in [5, 5.41) is 0. The number of carbonyl (C=O) groups excluding carboxylic acids is 1. The van der Waals surface area contributed by atoms with Gasteiger partial charge >= 0.3 is 0 Å². The van der Waals surface area contributed by atoms with Gasteiger partial charge in [-0.05, 0) is 79.8 Å². The molecule has 0 radical (unpaired) electrons. The molecular weight excluding hydrogens is 408 g/mol. The van der Waals surface area contributed by atoms with E-state index in [1.807, 2.05) is 6.07 Å². The summed E-state index contributed by atoms with van der Waals surface area (Å²) in [6, 6.07) is 15.4. The lowest BCUT2D eigenvalue weighted by Gasteiger charge is -2.30. The van der Waals surface area contributed by atoms with Gasteiger partial charge < -0.3 is 4.90 Å². The summed E-state index contributed by atoms with van der Waals surface area (Å²) < 4.78 is 27.6. The van der Waals surface area contributed by atoms with Crippen molar-refractivity contribution >= 4 is 15.9 Å². The zero-order valence-electron chi connectivity index (χ0n) is 18.0. The Morgan fingerprint density at radius 3 is 2.29 bits per heavy atom. The minimum absolute atomic E-state index is 0.0138. The summed E-state index contributed by atoms with van der Waals surface area (Å²) in [7, 11) is -3.50. The van der Waals surface area contributed by atoms with Gasteiger partial charge in [0.15, 0.2) is 0 Å². The Morgan fingerprint density at radius 1 is 0.935 bits per heavy atom. The van der Waals surface area contributed by atoms with Gasteiger partial charge in [0.2, 0.25) is 10.0 Å². The van der Waals surface area contributed by atoms with Crippen molar-refractivity contribution in [3.05, 3.63) is 65.2 Å². The predicted molar refractivity (Wildman–Crippen MR) is 120 cm³/mol. The molecule has 2 fully saturated rings. The van der Waals surface area contributed by atoms with E-state index < -0.39 is 10.0 Å². The Labute approximate surface area is 185 Å². The first kappa shape index (κ1) is 20.7. The monoisotopic (exact) mass is 438 g/mol. The number of amides is 1. The van der Waals surface area contributed by atoms with Crippen LogP contribution >= 0.6 is 0 Å². The maximum absolute atomic E-state index is 13.5. The van der Waals surface area contributed by atoms with Crippen LogP contribution in [0.3, 0.4) is 0 Å². The van der Waals surface area contributed by atoms with Crippen molar-refractivity contribution in [3.63, 3.8) is 0 Å². The highest BCUT2D eigenvalue weighted by molar-refractivity contribution is 7.89. The molecule has 1 saturated carbocycles. The first-order valence-corrected chi connectivity index (χ1v) is 12.9. The van der Waals surface area contributed by atoms with Crippen molar-refractivity contribution in [2.75, 3.05) is 13.1 Å². The van der Waals surface area contributed by atoms with Gasteiger partial charge in [0.25, 0.3) is 5.91 Å². The van der Waals surface area contributed by atoms with Gasteiger partial charge in [-0.15, -0.1) is 0 Å². The second-order valence-corrected chi connectivity index (χ2v) is 11.2. The van der Waals surface area contributed by atoms with Gasteiger partial charge in [-0.1, -0.05) is 31.2 Å². The van der Waals surface area contributed by atoms with E-state index in [0.29, 0.717) is 30.6 Å². The minimum atomic E-state index is -3.50. The molecule has 1 saturated heterocycles. The molecule has 0 N–H and O–H groups in total. The predicted octanol–water partition coefficient (Wildman–Crippen LogP) is 4.40. The molecule has 2 aliphatic carbocycles. The molecule has 1 atom stereocenters. The molecule has 6 heteroatoms. The zero-order valence-corrected chi connectivity index (χ0v) is 18.9. The number of carbonyl (C=O) groups is 1. The van der Waals surface area contributed by atoms with Crippen molar-refractivity contribution in [2.24, 2.45) is 5.92 Å². The number of benzene rings is 2. The van der Waals surface area contributed by atoms with Crippen LogP contribution in [-0.2, 0) is 16.4 Å². The van der Waals surface area contributed by atoms with Crippen molar-refractivity contribution < 1.29 is 13.2 Å². The Balaban J connectivity index is 1.37. The normalized spacial score (nSPS) is 22.3. The second-order valence-electron chi connectivity index (χ2n) is 9.31. The lowest BCUT2D eigenvalue weighted by molar-refractivity contribution is 0.0658. The highest BCUT2D eigenvalue weighted by atomic mass is 32.2. The Morgan fingerprint density at radius 2 is 1.61 bits per heavy atom. The van der Waals surface area contributed by atoms with Crippen LogP contribution < -0.4 is 0 Å². The third-order valence-electron chi connectivity index (χ3n) is 7.09. The van der Waals surface area contributed by atoms with Gasteiger partial charge in [0.05, 0.1) is 10.9 Å². The fourth-order valence-electron chi connectivity index (χ4n) is 5.03. The second kappa shape index (κ2) is 8.06. The van der Waals surface area contributed by atoms with E-state index in [1.54, 1.807) is 28.6 Å². The summed E-state index contributed by atoms with van der Waals surface area (Å²) in [6.07, 6.45) is 5.85. The van der Waals surface area contributed by atoms with E-state index in [9.17, 15) is 13.2 Å². The summed E-state index contributed by atoms with van der Waals surface area (Å²) in [6.45, 7) is 3.31. The smallest absolute Gasteiger partial charge is 0.254 e. The Kier molecular flexibility index (Phi) is 5.39. The van der Waals surface area contributed by atoms with Crippen molar-refractivity contribution in [1.82, 2.24) is 9.21 Å². The summed E-state index contributed by atoms with van der Waals surface area (Å²) in [5.74, 6) is 0.584. The van der Waals surface area contributed by atoms with Crippen molar-refractivity contribution in [3.8, 4) is 0 Å². The van der Waals surface area contributed by atoms with E-state index in [1.165, 1.54) is 11.1 Å². The maximum atomic E-state index is 13.5. The molecule has 1 heterocycles. The molecule has 1 amide bonds. The fourth-order valence-corrected chi connectivity index (χ4v) is 6.50. The van der Waals surface area contributed by atoms with Crippen LogP contribution in [0, 0.1) is 5.92 Å². The highest BCUT2D eigenvalue weighted by Crippen LogP contribution is 2.42. The number of hydrogen-bond donors (Lipinski definition) is 0. The number of piperidine rings is 1. The molecule has 1 unspecified atom stereocenters. The topological polar surface area (TPSA) is 57.7 Å². The summed E-state index contributed by atoms with van der Waals surface area (Å²) in [4.78, 5) is 15.8. The van der Waals surface area contributed by atoms with Crippen LogP contribution in [0.1, 0.15) is 66.6 Å². The van der Waals surface area contributed by atoms with E-state index >= 15 is 0 Å². The summed E-state index contributed by atoms with van der Waals surface area (Å²) >= 11 is 0. The number of aryl methyl sites for hydroxylation is 1. The molecule has 31 heavy (non-hydrogen) atoms. The van der Waals surface area contributed by atoms with E-state index in [4.69, 9.17) is 0 Å². The molecule has 164 valence electrons. The molecule has 3 aliphatic rings. The number of hydrogen-bond acceptors (Lipinski definition) is 3. The van der Waals surface area contributed by atoms with Crippen molar-refractivity contribution in [2.45, 2.75) is 62.4 Å². The molecule has 0 bridgehead atoms. The number of fused-ring (bicyclic) bond motifs is 1. The lowest BCUT2D eigenvalue weighted by atomic mass is 10.0. The summed E-state index contributed by atoms with van der Waals surface area (Å²) in [5.41, 5.74) is 3.17. The minimum Gasteiger partial charge on any atom is -0.329 e. The van der Waals surface area contributed by atoms with Gasteiger partial charge in [-0.2, -0.15) is 4.31 Å². The highest BCUT2D eigenvalue weighted by Gasteiger charge is 2.40. The van der Waals surface area contributed by atoms with E-state index in [-0.39, 0.29) is 16.8 Å². The SMILES string of the molecule is CC1CCN(S(=O)(=O)c2ccc(C(=O)N(C3CC3)C3CCc4ccccc43)cc2)CC1. The molecule has 1 aliphatic heterocycles. The molecular formula is C25H30N2O3S. The van der Waals surface area contributed by atoms with Crippen LogP contribution in [0.15, 0.2) is 53.4 Å². The lowest BCUT2D eigenvalue weighted by Crippen LogP contribution is -2.38. The van der Waals surface area contributed by atoms with E-state index in [2.05, 4.69) is 30.0 Å². The standard InChI is InChI=1S/C25H30N2O3S/c1-18-14-16-26(17-15-18)31(29,30)22-11-6-20(7-12-22)25(28)27(21-9-10-21)24-13-8-19-4-2-3-5-23(19)24/h2-7,11-12,18,21,24H,8-10,13-17H2,1H3. The third-order valence-corrected chi connectivity index (χ3v) is 9.01. The molecule has 2 aromatic carbocycles. The van der Waals surface area contributed by atoms with Gasteiger partial charge in [0.1, 0.15) is 0 Å². The van der Waals surface area contributed by atoms with Crippen LogP contribution in [0.25, 0.3) is 0 Å². The third kappa shape index (κ3) is 3.92. The van der Waals surface area contributed by atoms with Crippen LogP contribution in [0.4, 0.5) is 0 Å².